The molecule has 3 nitrogen and oxygen atoms in total. The Morgan fingerprint density at radius 3 is 2.53 bits per heavy atom. The van der Waals surface area contributed by atoms with Gasteiger partial charge in [-0.2, -0.15) is 0 Å². The molecule has 0 bridgehead atoms. The predicted molar refractivity (Wildman–Crippen MR) is 131 cm³/mol. The molecule has 0 aromatic heterocycles. The van der Waals surface area contributed by atoms with Crippen LogP contribution in [0, 0.1) is 0 Å². The molecule has 1 heterocycles. The van der Waals surface area contributed by atoms with Gasteiger partial charge in [0.15, 0.2) is 0 Å². The number of nitrogens with zero attached hydrogens (tertiary/aromatic N) is 1. The highest BCUT2D eigenvalue weighted by Crippen LogP contribution is 2.46. The second-order valence-electron chi connectivity index (χ2n) is 8.02. The van der Waals surface area contributed by atoms with Crippen molar-refractivity contribution in [2.24, 2.45) is 0 Å². The molecule has 4 aromatic rings. The summed E-state index contributed by atoms with van der Waals surface area (Å²) in [7, 11) is 0. The lowest BCUT2D eigenvalue weighted by molar-refractivity contribution is -0.119. The zero-order chi connectivity index (χ0) is 22.1. The average molecular weight is 442 g/mol. The first-order valence-corrected chi connectivity index (χ1v) is 11.3. The molecule has 0 saturated carbocycles. The van der Waals surface area contributed by atoms with Gasteiger partial charge in [-0.1, -0.05) is 78.3 Å². The number of carbonyl (C=O) groups is 1. The Balaban J connectivity index is 1.70. The fourth-order valence-electron chi connectivity index (χ4n) is 4.70. The van der Waals surface area contributed by atoms with E-state index < -0.39 is 0 Å². The third kappa shape index (κ3) is 3.63. The van der Waals surface area contributed by atoms with Crippen molar-refractivity contribution in [3.05, 3.63) is 107 Å². The smallest absolute Gasteiger partial charge is 0.228 e. The minimum Gasteiger partial charge on any atom is -0.494 e. The zero-order valence-corrected chi connectivity index (χ0v) is 18.7. The third-order valence-electron chi connectivity index (χ3n) is 6.15. The summed E-state index contributed by atoms with van der Waals surface area (Å²) in [5.41, 5.74) is 4.10. The van der Waals surface area contributed by atoms with Crippen molar-refractivity contribution in [1.82, 2.24) is 0 Å². The minimum atomic E-state index is -0.0751. The number of rotatable bonds is 5. The van der Waals surface area contributed by atoms with Crippen molar-refractivity contribution in [1.29, 1.82) is 0 Å². The molecule has 1 aliphatic heterocycles. The summed E-state index contributed by atoms with van der Waals surface area (Å²) in [6.45, 7) is 3.01. The number of amides is 1. The van der Waals surface area contributed by atoms with Gasteiger partial charge in [0.2, 0.25) is 5.91 Å². The van der Waals surface area contributed by atoms with Gasteiger partial charge in [0.25, 0.3) is 0 Å². The van der Waals surface area contributed by atoms with Crippen LogP contribution in [0.15, 0.2) is 84.9 Å². The van der Waals surface area contributed by atoms with Gasteiger partial charge in [0.1, 0.15) is 5.75 Å². The molecule has 0 spiro atoms. The first kappa shape index (κ1) is 20.6. The molecule has 4 heteroatoms. The predicted octanol–water partition coefficient (Wildman–Crippen LogP) is 6.96. The Kier molecular flexibility index (Phi) is 5.59. The Bertz CT molecular complexity index is 1300. The summed E-state index contributed by atoms with van der Waals surface area (Å²) < 4.78 is 5.95. The molecule has 1 unspecified atom stereocenters. The fraction of sp³-hybridized carbons (Fsp3) is 0.179. The summed E-state index contributed by atoms with van der Waals surface area (Å²) in [6.07, 6.45) is 0.384. The van der Waals surface area contributed by atoms with E-state index in [1.165, 1.54) is 5.56 Å². The largest absolute Gasteiger partial charge is 0.494 e. The van der Waals surface area contributed by atoms with Gasteiger partial charge in [0.05, 0.1) is 13.2 Å². The SMILES string of the molecule is CCOc1ccccc1C1CC(=O)N(Cc2ccccc2Cl)c2ccc3ccccc3c21. The Morgan fingerprint density at radius 2 is 1.69 bits per heavy atom. The molecule has 32 heavy (non-hydrogen) atoms. The van der Waals surface area contributed by atoms with E-state index in [1.807, 2.05) is 60.4 Å². The van der Waals surface area contributed by atoms with Gasteiger partial charge in [-0.15, -0.1) is 0 Å². The van der Waals surface area contributed by atoms with Crippen LogP contribution in [0.1, 0.15) is 36.0 Å². The van der Waals surface area contributed by atoms with Crippen LogP contribution < -0.4 is 9.64 Å². The summed E-state index contributed by atoms with van der Waals surface area (Å²) >= 11 is 6.44. The monoisotopic (exact) mass is 441 g/mol. The van der Waals surface area contributed by atoms with Crippen LogP contribution in [0.25, 0.3) is 10.8 Å². The molecule has 0 radical (unpaired) electrons. The molecule has 0 N–H and O–H groups in total. The molecule has 4 aromatic carbocycles. The zero-order valence-electron chi connectivity index (χ0n) is 17.9. The van der Waals surface area contributed by atoms with Crippen LogP contribution in [0.2, 0.25) is 5.02 Å². The number of ether oxygens (including phenoxy) is 1. The summed E-state index contributed by atoms with van der Waals surface area (Å²) in [4.78, 5) is 15.4. The number of anilines is 1. The Morgan fingerprint density at radius 1 is 0.938 bits per heavy atom. The summed E-state index contributed by atoms with van der Waals surface area (Å²) in [6, 6.07) is 28.3. The number of para-hydroxylation sites is 1. The molecular weight excluding hydrogens is 418 g/mol. The van der Waals surface area contributed by atoms with E-state index in [4.69, 9.17) is 16.3 Å². The van der Waals surface area contributed by atoms with Gasteiger partial charge in [0, 0.05) is 28.6 Å². The van der Waals surface area contributed by atoms with E-state index in [9.17, 15) is 4.79 Å². The number of halogens is 1. The van der Waals surface area contributed by atoms with E-state index in [0.29, 0.717) is 24.6 Å². The lowest BCUT2D eigenvalue weighted by Gasteiger charge is -2.36. The van der Waals surface area contributed by atoms with Gasteiger partial charge in [-0.3, -0.25) is 4.79 Å². The average Bonchev–Trinajstić information content (AvgIpc) is 2.82. The van der Waals surface area contributed by atoms with Crippen LogP contribution >= 0.6 is 11.6 Å². The van der Waals surface area contributed by atoms with E-state index >= 15 is 0 Å². The number of carbonyl (C=O) groups excluding carboxylic acids is 1. The fourth-order valence-corrected chi connectivity index (χ4v) is 4.89. The van der Waals surface area contributed by atoms with Crippen molar-refractivity contribution < 1.29 is 9.53 Å². The molecule has 1 aliphatic rings. The highest BCUT2D eigenvalue weighted by molar-refractivity contribution is 6.31. The van der Waals surface area contributed by atoms with Crippen LogP contribution in [-0.2, 0) is 11.3 Å². The maximum atomic E-state index is 13.5. The number of hydrogen-bond acceptors (Lipinski definition) is 2. The third-order valence-corrected chi connectivity index (χ3v) is 6.52. The van der Waals surface area contributed by atoms with E-state index in [0.717, 1.165) is 33.3 Å². The molecular formula is C28H24ClNO2. The van der Waals surface area contributed by atoms with Gasteiger partial charge in [-0.25, -0.2) is 0 Å². The normalized spacial score (nSPS) is 15.6. The lowest BCUT2D eigenvalue weighted by Crippen LogP contribution is -2.36. The Hall–Kier alpha value is -3.30. The van der Waals surface area contributed by atoms with Crippen molar-refractivity contribution in [2.45, 2.75) is 25.8 Å². The van der Waals surface area contributed by atoms with Crippen LogP contribution in [0.5, 0.6) is 5.75 Å². The topological polar surface area (TPSA) is 29.5 Å². The standard InChI is InChI=1S/C28H24ClNO2/c1-2-32-26-14-8-6-12-22(26)23-17-27(31)30(18-20-10-4-7-13-24(20)29)25-16-15-19-9-3-5-11-21(19)28(23)25/h3-16,23H,2,17-18H2,1H3. The first-order chi connectivity index (χ1) is 15.7. The van der Waals surface area contributed by atoms with Crippen LogP contribution in [-0.4, -0.2) is 12.5 Å². The highest BCUT2D eigenvalue weighted by Gasteiger charge is 2.35. The van der Waals surface area contributed by atoms with Gasteiger partial charge < -0.3 is 9.64 Å². The maximum absolute atomic E-state index is 13.5. The lowest BCUT2D eigenvalue weighted by atomic mass is 9.80. The first-order valence-electron chi connectivity index (χ1n) is 10.9. The second kappa shape index (κ2) is 8.68. The van der Waals surface area contributed by atoms with Gasteiger partial charge >= 0.3 is 0 Å². The van der Waals surface area contributed by atoms with E-state index in [1.54, 1.807) is 0 Å². The van der Waals surface area contributed by atoms with Crippen molar-refractivity contribution in [3.8, 4) is 5.75 Å². The highest BCUT2D eigenvalue weighted by atomic mass is 35.5. The van der Waals surface area contributed by atoms with Gasteiger partial charge in [-0.05, 0) is 47.0 Å². The molecule has 0 fully saturated rings. The number of hydrogen-bond donors (Lipinski definition) is 0. The molecule has 0 aliphatic carbocycles. The number of fused-ring (bicyclic) bond motifs is 3. The molecule has 0 saturated heterocycles. The molecule has 160 valence electrons. The van der Waals surface area contributed by atoms with E-state index in [2.05, 4.69) is 36.4 Å². The van der Waals surface area contributed by atoms with Crippen molar-refractivity contribution in [3.63, 3.8) is 0 Å². The Labute approximate surface area is 193 Å². The molecule has 1 amide bonds. The molecule has 5 rings (SSSR count). The van der Waals surface area contributed by atoms with Crippen LogP contribution in [0.3, 0.4) is 0 Å². The summed E-state index contributed by atoms with van der Waals surface area (Å²) in [5.74, 6) is 0.851. The van der Waals surface area contributed by atoms with Crippen molar-refractivity contribution >= 4 is 34.0 Å². The summed E-state index contributed by atoms with van der Waals surface area (Å²) in [5, 5.41) is 3.00. The van der Waals surface area contributed by atoms with E-state index in [-0.39, 0.29) is 11.8 Å². The maximum Gasteiger partial charge on any atom is 0.228 e. The second-order valence-corrected chi connectivity index (χ2v) is 8.43. The quantitative estimate of drug-likeness (QED) is 0.335. The van der Waals surface area contributed by atoms with Crippen molar-refractivity contribution in [2.75, 3.05) is 11.5 Å². The van der Waals surface area contributed by atoms with Crippen LogP contribution in [0.4, 0.5) is 5.69 Å². The molecule has 1 atom stereocenters. The minimum absolute atomic E-state index is 0.0751. The number of benzene rings is 4.